The highest BCUT2D eigenvalue weighted by Gasteiger charge is 2.18. The van der Waals surface area contributed by atoms with Crippen LogP contribution in [0.4, 0.5) is 34.1 Å². The first-order valence-electron chi connectivity index (χ1n) is 29.8. The molecule has 0 spiro atoms. The van der Waals surface area contributed by atoms with Gasteiger partial charge in [0.1, 0.15) is 0 Å². The third-order valence-corrected chi connectivity index (χ3v) is 13.7. The number of hydrogen-bond acceptors (Lipinski definition) is 2. The van der Waals surface area contributed by atoms with E-state index in [0.29, 0.717) is 11.1 Å². The fourth-order valence-electron chi connectivity index (χ4n) is 10.1. The number of hydrogen-bond donors (Lipinski definition) is 0. The minimum atomic E-state index is -0.427. The van der Waals surface area contributed by atoms with Gasteiger partial charge in [-0.1, -0.05) is 194 Å². The summed E-state index contributed by atoms with van der Waals surface area (Å²) in [6, 6.07) is 80.9. The zero-order chi connectivity index (χ0) is 58.6. The zero-order valence-electron chi connectivity index (χ0n) is 50.5. The molecule has 0 bridgehead atoms. The van der Waals surface area contributed by atoms with Crippen molar-refractivity contribution in [3.05, 3.63) is 309 Å². The molecule has 1 aromatic heterocycles. The van der Waals surface area contributed by atoms with Crippen LogP contribution in [-0.2, 0) is 0 Å². The summed E-state index contributed by atoms with van der Waals surface area (Å²) in [6.45, 7) is 0. The van der Waals surface area contributed by atoms with Gasteiger partial charge in [-0.2, -0.15) is 0 Å². The average Bonchev–Trinajstić information content (AvgIpc) is 3.56. The van der Waals surface area contributed by atoms with Crippen molar-refractivity contribution >= 4 is 55.9 Å². The van der Waals surface area contributed by atoms with E-state index in [2.05, 4.69) is 148 Å². The molecular weight excluding hydrogens is 907 g/mol. The first-order chi connectivity index (χ1) is 41.3. The van der Waals surface area contributed by atoms with Gasteiger partial charge >= 0.3 is 0 Å². The van der Waals surface area contributed by atoms with E-state index >= 15 is 0 Å². The first kappa shape index (κ1) is 35.2. The van der Waals surface area contributed by atoms with Crippen molar-refractivity contribution in [2.45, 2.75) is 0 Å². The van der Waals surface area contributed by atoms with Crippen molar-refractivity contribution in [3.8, 4) is 61.3 Å². The van der Waals surface area contributed by atoms with Crippen LogP contribution in [-0.4, -0.2) is 4.57 Å². The van der Waals surface area contributed by atoms with Crippen LogP contribution in [0.15, 0.2) is 309 Å². The third-order valence-electron chi connectivity index (χ3n) is 13.7. The van der Waals surface area contributed by atoms with Crippen LogP contribution in [0.1, 0.15) is 13.7 Å². The second-order valence-electron chi connectivity index (χ2n) is 18.2. The van der Waals surface area contributed by atoms with E-state index in [0.717, 1.165) is 89.6 Å². The fraction of sp³-hybridized carbons (Fsp3) is 0. The Morgan fingerprint density at radius 3 is 1.01 bits per heavy atom. The maximum absolute atomic E-state index is 8.62. The van der Waals surface area contributed by atoms with Crippen LogP contribution < -0.4 is 9.80 Å². The number of fused-ring (bicyclic) bond motifs is 3. The lowest BCUT2D eigenvalue weighted by atomic mass is 9.92. The standard InChI is InChI=1S/C72H51N3/c1-6-18-52(19-7-1)54-30-39-65(40-31-54)73(62-22-10-3-11-23-62)67-43-34-56(35-44-67)59-48-60(50-61(49-59)58-38-47-70-69-28-16-17-29-71(69)75(72(70)51-58)64-26-14-5-15-27-64)57-36-45-68(46-37-57)74(63-24-12-4-13-25-63)66-41-32-55(33-42-66)53-20-8-2-9-21-53/h1-51H/i1D,2D,6D,7D,8D,9D,18D,19D,20D,21D. The van der Waals surface area contributed by atoms with Gasteiger partial charge in [-0.3, -0.25) is 0 Å². The summed E-state index contributed by atoms with van der Waals surface area (Å²) in [5.74, 6) is 0. The topological polar surface area (TPSA) is 11.4 Å². The molecule has 12 aromatic carbocycles. The molecule has 0 saturated carbocycles. The summed E-state index contributed by atoms with van der Waals surface area (Å²) in [5, 5.41) is 2.33. The zero-order valence-corrected chi connectivity index (χ0v) is 40.5. The molecule has 0 aliphatic carbocycles. The van der Waals surface area contributed by atoms with Crippen molar-refractivity contribution in [2.24, 2.45) is 0 Å². The van der Waals surface area contributed by atoms with Crippen LogP contribution in [0.3, 0.4) is 0 Å². The van der Waals surface area contributed by atoms with E-state index in [-0.39, 0.29) is 59.5 Å². The molecule has 0 amide bonds. The molecule has 0 unspecified atom stereocenters. The highest BCUT2D eigenvalue weighted by atomic mass is 15.1. The SMILES string of the molecule is [2H]c1c([2H])c([2H])c(-c2ccc(N(c3ccccc3)c3ccc(-c4cc(-c5ccc(N(c6ccccc6)c6ccc(-c7c([2H])c([2H])c([2H])c([2H])c7[2H])cc6)cc5)cc(-c5ccc6c7ccccc7n(-c7ccccc7)c6c5)c4)cc3)cc2)c([2H])c1[2H]. The van der Waals surface area contributed by atoms with Crippen LogP contribution in [0.25, 0.3) is 83.1 Å². The van der Waals surface area contributed by atoms with E-state index in [9.17, 15) is 0 Å². The van der Waals surface area contributed by atoms with Crippen molar-refractivity contribution < 1.29 is 13.7 Å². The minimum Gasteiger partial charge on any atom is -0.311 e. The lowest BCUT2D eigenvalue weighted by Gasteiger charge is -2.26. The van der Waals surface area contributed by atoms with Gasteiger partial charge in [0.25, 0.3) is 0 Å². The van der Waals surface area contributed by atoms with E-state index < -0.39 is 12.1 Å². The Kier molecular flexibility index (Phi) is 9.35. The Hall–Kier alpha value is -9.96. The van der Waals surface area contributed by atoms with Gasteiger partial charge in [-0.25, -0.2) is 0 Å². The molecule has 0 saturated heterocycles. The largest absolute Gasteiger partial charge is 0.311 e. The summed E-state index contributed by atoms with van der Waals surface area (Å²) in [5.41, 5.74) is 16.0. The van der Waals surface area contributed by atoms with E-state index in [4.69, 9.17) is 13.7 Å². The number of benzene rings is 12. The second kappa shape index (κ2) is 19.9. The molecule has 0 aliphatic rings. The summed E-state index contributed by atoms with van der Waals surface area (Å²) in [6.07, 6.45) is 0. The molecule has 0 fully saturated rings. The molecular formula is C72H51N3. The maximum Gasteiger partial charge on any atom is 0.0629 e. The van der Waals surface area contributed by atoms with E-state index in [1.54, 1.807) is 24.3 Å². The quantitative estimate of drug-likeness (QED) is 0.121. The Morgan fingerprint density at radius 1 is 0.240 bits per heavy atom. The molecule has 75 heavy (non-hydrogen) atoms. The summed E-state index contributed by atoms with van der Waals surface area (Å²) >= 11 is 0. The first-order valence-corrected chi connectivity index (χ1v) is 24.8. The lowest BCUT2D eigenvalue weighted by Crippen LogP contribution is -2.09. The van der Waals surface area contributed by atoms with Gasteiger partial charge < -0.3 is 14.4 Å². The van der Waals surface area contributed by atoms with Crippen molar-refractivity contribution in [1.82, 2.24) is 4.57 Å². The van der Waals surface area contributed by atoms with Crippen LogP contribution in [0.2, 0.25) is 0 Å². The van der Waals surface area contributed by atoms with Crippen LogP contribution >= 0.6 is 0 Å². The number of aromatic nitrogens is 1. The molecule has 3 heteroatoms. The van der Waals surface area contributed by atoms with Gasteiger partial charge in [-0.15, -0.1) is 0 Å². The van der Waals surface area contributed by atoms with Gasteiger partial charge in [0.15, 0.2) is 0 Å². The highest BCUT2D eigenvalue weighted by molar-refractivity contribution is 6.10. The molecule has 13 aromatic rings. The van der Waals surface area contributed by atoms with Gasteiger partial charge in [0.2, 0.25) is 0 Å². The normalized spacial score (nSPS) is 13.1. The average molecular weight is 968 g/mol. The van der Waals surface area contributed by atoms with Crippen molar-refractivity contribution in [1.29, 1.82) is 0 Å². The van der Waals surface area contributed by atoms with Crippen LogP contribution in [0.5, 0.6) is 0 Å². The second-order valence-corrected chi connectivity index (χ2v) is 18.2. The Labute approximate surface area is 452 Å². The number of anilines is 6. The summed E-state index contributed by atoms with van der Waals surface area (Å²) < 4.78 is 86.2. The molecule has 3 nitrogen and oxygen atoms in total. The van der Waals surface area contributed by atoms with Crippen LogP contribution in [0, 0.1) is 0 Å². The number of nitrogens with zero attached hydrogens (tertiary/aromatic N) is 3. The van der Waals surface area contributed by atoms with Gasteiger partial charge in [0.05, 0.1) is 24.7 Å². The van der Waals surface area contributed by atoms with Gasteiger partial charge in [-0.05, 0) is 171 Å². The molecule has 1 heterocycles. The molecule has 0 radical (unpaired) electrons. The molecule has 0 N–H and O–H groups in total. The van der Waals surface area contributed by atoms with E-state index in [1.165, 1.54) is 5.39 Å². The highest BCUT2D eigenvalue weighted by Crippen LogP contribution is 2.42. The van der Waals surface area contributed by atoms with Gasteiger partial charge in [0, 0.05) is 50.6 Å². The monoisotopic (exact) mass is 967 g/mol. The third kappa shape index (κ3) is 8.94. The summed E-state index contributed by atoms with van der Waals surface area (Å²) in [4.78, 5) is 4.26. The summed E-state index contributed by atoms with van der Waals surface area (Å²) in [7, 11) is 0. The predicted molar refractivity (Wildman–Crippen MR) is 317 cm³/mol. The lowest BCUT2D eigenvalue weighted by molar-refractivity contribution is 1.18. The molecule has 0 aliphatic heterocycles. The Bertz CT molecular complexity index is 4400. The fourth-order valence-corrected chi connectivity index (χ4v) is 10.1. The van der Waals surface area contributed by atoms with Crippen molar-refractivity contribution in [3.63, 3.8) is 0 Å². The number of rotatable bonds is 12. The predicted octanol–water partition coefficient (Wildman–Crippen LogP) is 20.1. The Morgan fingerprint density at radius 2 is 0.573 bits per heavy atom. The molecule has 354 valence electrons. The Balaban J connectivity index is 0.909. The minimum absolute atomic E-state index is 0.152. The maximum atomic E-state index is 8.62. The molecule has 0 atom stereocenters. The van der Waals surface area contributed by atoms with E-state index in [1.807, 2.05) is 91.0 Å². The van der Waals surface area contributed by atoms with Crippen molar-refractivity contribution in [2.75, 3.05) is 9.80 Å². The smallest absolute Gasteiger partial charge is 0.0629 e. The number of para-hydroxylation sites is 4. The molecule has 13 rings (SSSR count).